The number of hydrogen-bond donors (Lipinski definition) is 4. The molecular weight excluding hydrogens is 616 g/mol. The Morgan fingerprint density at radius 1 is 0.837 bits per heavy atom. The minimum absolute atomic E-state index is 0.0438. The maximum atomic E-state index is 13.3. The minimum Gasteiger partial charge on any atom is -0.382 e. The second-order valence-electron chi connectivity index (χ2n) is 14.3. The van der Waals surface area contributed by atoms with Crippen LogP contribution < -0.4 is 31.5 Å². The molecule has 0 radical (unpaired) electrons. The summed E-state index contributed by atoms with van der Waals surface area (Å²) >= 11 is 0. The molecule has 4 fully saturated rings. The number of piperazine rings is 1. The van der Waals surface area contributed by atoms with E-state index >= 15 is 0 Å². The fraction of sp³-hybridized carbons (Fsp3) is 0.474. The summed E-state index contributed by atoms with van der Waals surface area (Å²) in [6.45, 7) is 6.18. The van der Waals surface area contributed by atoms with E-state index in [-0.39, 0.29) is 36.0 Å². The van der Waals surface area contributed by atoms with Crippen molar-refractivity contribution in [1.29, 1.82) is 0 Å². The van der Waals surface area contributed by atoms with Crippen molar-refractivity contribution in [3.63, 3.8) is 0 Å². The van der Waals surface area contributed by atoms with Crippen LogP contribution in [0.5, 0.6) is 0 Å². The third-order valence-electron chi connectivity index (χ3n) is 11.0. The molecule has 3 aliphatic heterocycles. The lowest BCUT2D eigenvalue weighted by molar-refractivity contribution is 0.0922. The molecule has 0 unspecified atom stereocenters. The molecule has 11 heteroatoms. The van der Waals surface area contributed by atoms with E-state index in [1.807, 2.05) is 19.1 Å². The molecule has 3 amide bonds. The van der Waals surface area contributed by atoms with Crippen molar-refractivity contribution < 1.29 is 14.4 Å². The van der Waals surface area contributed by atoms with Crippen LogP contribution in [0.4, 0.5) is 17.2 Å². The van der Waals surface area contributed by atoms with Crippen molar-refractivity contribution in [3.8, 4) is 0 Å². The maximum Gasteiger partial charge on any atom is 0.253 e. The number of amides is 3. The van der Waals surface area contributed by atoms with Gasteiger partial charge in [-0.2, -0.15) is 0 Å². The number of nitrogens with one attached hydrogen (secondary N) is 3. The van der Waals surface area contributed by atoms with Gasteiger partial charge in [0, 0.05) is 73.5 Å². The molecule has 258 valence electrons. The maximum absolute atomic E-state index is 13.3. The van der Waals surface area contributed by atoms with Gasteiger partial charge in [-0.3, -0.25) is 14.4 Å². The Kier molecular flexibility index (Phi) is 9.44. The number of rotatable bonds is 10. The zero-order valence-corrected chi connectivity index (χ0v) is 28.5. The summed E-state index contributed by atoms with van der Waals surface area (Å²) in [4.78, 5) is 50.4. The Balaban J connectivity index is 0.932. The van der Waals surface area contributed by atoms with E-state index in [0.29, 0.717) is 28.4 Å². The molecule has 1 saturated carbocycles. The number of primary amides is 1. The predicted octanol–water partition coefficient (Wildman–Crippen LogP) is 4.32. The second kappa shape index (κ2) is 14.1. The standard InChI is InChI=1S/C38H48N8O3/c1-24(25-6-10-30(11-7-25)45-18-16-44(2)17-19-45)41-38(49)27-9-15-35(40-23-27)46-31-12-13-32(46)22-29(21-31)43-37(48)26-8-14-33(36(39)47)34(20-26)42-28-4-3-5-28/h6-11,14-15,20,23-24,28-29,31-32,42H,3-5,12-13,16-19,21-22H2,1-2H3,(H2,39,47)(H,41,49)(H,43,48)/t24-,29-,31+,32-/m0/s1. The van der Waals surface area contributed by atoms with Crippen molar-refractivity contribution in [1.82, 2.24) is 20.5 Å². The summed E-state index contributed by atoms with van der Waals surface area (Å²) in [7, 11) is 2.16. The number of fused-ring (bicyclic) bond motifs is 2. The largest absolute Gasteiger partial charge is 0.382 e. The number of nitrogens with two attached hydrogens (primary N) is 1. The highest BCUT2D eigenvalue weighted by molar-refractivity contribution is 6.02. The van der Waals surface area contributed by atoms with Crippen molar-refractivity contribution in [2.24, 2.45) is 5.73 Å². The summed E-state index contributed by atoms with van der Waals surface area (Å²) in [6.07, 6.45) is 8.65. The van der Waals surface area contributed by atoms with E-state index in [0.717, 1.165) is 82.5 Å². The average Bonchev–Trinajstić information content (AvgIpc) is 3.36. The van der Waals surface area contributed by atoms with E-state index in [2.05, 4.69) is 62.0 Å². The second-order valence-corrected chi connectivity index (χ2v) is 14.3. The number of pyridine rings is 1. The molecule has 2 bridgehead atoms. The lowest BCUT2D eigenvalue weighted by Gasteiger charge is -2.40. The smallest absolute Gasteiger partial charge is 0.253 e. The molecule has 11 nitrogen and oxygen atoms in total. The van der Waals surface area contributed by atoms with Crippen LogP contribution in [0.2, 0.25) is 0 Å². The fourth-order valence-corrected chi connectivity index (χ4v) is 7.80. The zero-order chi connectivity index (χ0) is 34.1. The molecule has 5 N–H and O–H groups in total. The van der Waals surface area contributed by atoms with Crippen molar-refractivity contribution in [2.45, 2.75) is 82.1 Å². The van der Waals surface area contributed by atoms with Crippen LogP contribution in [0.25, 0.3) is 0 Å². The van der Waals surface area contributed by atoms with Crippen LogP contribution in [-0.2, 0) is 0 Å². The Bertz CT molecular complexity index is 1650. The Morgan fingerprint density at radius 2 is 1.53 bits per heavy atom. The highest BCUT2D eigenvalue weighted by Crippen LogP contribution is 2.39. The van der Waals surface area contributed by atoms with Gasteiger partial charge in [0.15, 0.2) is 0 Å². The summed E-state index contributed by atoms with van der Waals surface area (Å²) in [5, 5.41) is 9.78. The zero-order valence-electron chi connectivity index (χ0n) is 28.5. The van der Waals surface area contributed by atoms with Gasteiger partial charge in [0.05, 0.1) is 17.2 Å². The number of carbonyl (C=O) groups excluding carboxylic acids is 3. The first-order valence-corrected chi connectivity index (χ1v) is 17.8. The molecule has 3 saturated heterocycles. The summed E-state index contributed by atoms with van der Waals surface area (Å²) in [5.41, 5.74) is 9.99. The topological polar surface area (TPSA) is 136 Å². The number of hydrogen-bond acceptors (Lipinski definition) is 8. The number of aromatic nitrogens is 1. The normalized spacial score (nSPS) is 23.0. The number of benzene rings is 2. The Morgan fingerprint density at radius 3 is 2.14 bits per heavy atom. The molecule has 3 aromatic rings. The van der Waals surface area contributed by atoms with E-state index < -0.39 is 5.91 Å². The van der Waals surface area contributed by atoms with Crippen molar-refractivity contribution in [2.75, 3.05) is 48.3 Å². The average molecular weight is 665 g/mol. The molecule has 2 aromatic carbocycles. The van der Waals surface area contributed by atoms with Gasteiger partial charge in [0.2, 0.25) is 0 Å². The van der Waals surface area contributed by atoms with Crippen LogP contribution in [-0.4, -0.2) is 85.0 Å². The van der Waals surface area contributed by atoms with Crippen molar-refractivity contribution in [3.05, 3.63) is 83.0 Å². The van der Waals surface area contributed by atoms with Gasteiger partial charge >= 0.3 is 0 Å². The summed E-state index contributed by atoms with van der Waals surface area (Å²) in [5.74, 6) is 0.0836. The molecule has 4 atom stereocenters. The minimum atomic E-state index is -0.503. The summed E-state index contributed by atoms with van der Waals surface area (Å²) in [6, 6.07) is 18.1. The third kappa shape index (κ3) is 7.22. The first-order chi connectivity index (χ1) is 23.7. The molecule has 0 spiro atoms. The van der Waals surface area contributed by atoms with Crippen LogP contribution >= 0.6 is 0 Å². The van der Waals surface area contributed by atoms with Gasteiger partial charge in [0.25, 0.3) is 17.7 Å². The van der Waals surface area contributed by atoms with Gasteiger partial charge in [-0.05, 0) is 107 Å². The highest BCUT2D eigenvalue weighted by Gasteiger charge is 2.42. The van der Waals surface area contributed by atoms with Gasteiger partial charge in [-0.15, -0.1) is 0 Å². The number of likely N-dealkylation sites (N-methyl/N-ethyl adjacent to an activating group) is 1. The van der Waals surface area contributed by atoms with Gasteiger partial charge in [-0.25, -0.2) is 4.98 Å². The lowest BCUT2D eigenvalue weighted by Crippen LogP contribution is -2.50. The van der Waals surface area contributed by atoms with Gasteiger partial charge in [0.1, 0.15) is 5.82 Å². The lowest BCUT2D eigenvalue weighted by atomic mass is 9.92. The highest BCUT2D eigenvalue weighted by atomic mass is 16.2. The van der Waals surface area contributed by atoms with Crippen LogP contribution in [0.15, 0.2) is 60.8 Å². The quantitative estimate of drug-likeness (QED) is 0.252. The third-order valence-corrected chi connectivity index (χ3v) is 11.0. The Hall–Kier alpha value is -4.64. The Labute approximate surface area is 288 Å². The molecule has 4 heterocycles. The SMILES string of the molecule is C[C@H](NC(=O)c1ccc(N2[C@@H]3CC[C@H]2C[C@@H](NC(=O)c2ccc(C(N)=O)c(NC4CCC4)c2)C3)nc1)c1ccc(N2CCN(C)CC2)cc1. The number of nitrogens with zero attached hydrogens (tertiary/aromatic N) is 4. The van der Waals surface area contributed by atoms with Gasteiger partial charge < -0.3 is 36.4 Å². The molecule has 7 rings (SSSR count). The van der Waals surface area contributed by atoms with Crippen LogP contribution in [0.1, 0.15) is 94.5 Å². The van der Waals surface area contributed by atoms with Crippen LogP contribution in [0, 0.1) is 0 Å². The summed E-state index contributed by atoms with van der Waals surface area (Å²) < 4.78 is 0. The predicted molar refractivity (Wildman–Crippen MR) is 192 cm³/mol. The number of anilines is 3. The van der Waals surface area contributed by atoms with E-state index in [1.54, 1.807) is 24.4 Å². The van der Waals surface area contributed by atoms with E-state index in [4.69, 9.17) is 10.7 Å². The van der Waals surface area contributed by atoms with Gasteiger partial charge in [-0.1, -0.05) is 12.1 Å². The molecule has 1 aliphatic carbocycles. The van der Waals surface area contributed by atoms with Crippen molar-refractivity contribution >= 4 is 34.9 Å². The van der Waals surface area contributed by atoms with E-state index in [9.17, 15) is 14.4 Å². The van der Waals surface area contributed by atoms with Crippen LogP contribution in [0.3, 0.4) is 0 Å². The molecule has 1 aromatic heterocycles. The first-order valence-electron chi connectivity index (χ1n) is 17.8. The molecule has 49 heavy (non-hydrogen) atoms. The monoisotopic (exact) mass is 664 g/mol. The van der Waals surface area contributed by atoms with E-state index in [1.165, 1.54) is 5.69 Å². The number of carbonyl (C=O) groups is 3. The number of piperidine rings is 1. The molecular formula is C38H48N8O3. The fourth-order valence-electron chi connectivity index (χ4n) is 7.80. The first kappa shape index (κ1) is 32.9. The molecule has 4 aliphatic rings.